The van der Waals surface area contributed by atoms with Crippen molar-refractivity contribution in [2.45, 2.75) is 26.3 Å². The van der Waals surface area contributed by atoms with E-state index in [4.69, 9.17) is 10.8 Å². The Labute approximate surface area is 78.7 Å². The van der Waals surface area contributed by atoms with Gasteiger partial charge in [-0.2, -0.15) is 0 Å². The molecule has 0 spiro atoms. The van der Waals surface area contributed by atoms with Gasteiger partial charge in [-0.05, 0) is 19.9 Å². The van der Waals surface area contributed by atoms with E-state index in [1.54, 1.807) is 0 Å². The molecule has 0 aromatic rings. The quantitative estimate of drug-likeness (QED) is 0.628. The Morgan fingerprint density at radius 2 is 2.38 bits per heavy atom. The lowest BCUT2D eigenvalue weighted by molar-refractivity contribution is -0.122. The first-order valence-electron chi connectivity index (χ1n) is 4.63. The monoisotopic (exact) mass is 186 g/mol. The number of hydrogen-bond donors (Lipinski definition) is 2. The number of hydrogen-bond acceptors (Lipinski definition) is 3. The van der Waals surface area contributed by atoms with Crippen LogP contribution in [0, 0.1) is 5.41 Å². The summed E-state index contributed by atoms with van der Waals surface area (Å²) in [5.41, 5.74) is 5.15. The van der Waals surface area contributed by atoms with Crippen molar-refractivity contribution in [3.63, 3.8) is 0 Å². The van der Waals surface area contributed by atoms with Crippen molar-refractivity contribution in [2.24, 2.45) is 11.1 Å². The molecule has 1 amide bonds. The Hall–Kier alpha value is -0.610. The number of likely N-dealkylation sites (tertiary alicyclic amines) is 1. The highest BCUT2D eigenvalue weighted by molar-refractivity contribution is 5.79. The summed E-state index contributed by atoms with van der Waals surface area (Å²) in [6.07, 6.45) is 0.932. The molecule has 3 N–H and O–H groups in total. The fourth-order valence-corrected chi connectivity index (χ4v) is 1.70. The molecule has 4 nitrogen and oxygen atoms in total. The molecule has 1 aliphatic heterocycles. The number of aliphatic hydroxyl groups excluding tert-OH is 1. The molecule has 2 unspecified atom stereocenters. The molecular formula is C9H18N2O2. The molecular weight excluding hydrogens is 168 g/mol. The van der Waals surface area contributed by atoms with Crippen LogP contribution in [0.4, 0.5) is 0 Å². The van der Waals surface area contributed by atoms with Gasteiger partial charge in [0.1, 0.15) is 0 Å². The summed E-state index contributed by atoms with van der Waals surface area (Å²) in [7, 11) is 0. The fourth-order valence-electron chi connectivity index (χ4n) is 1.70. The van der Waals surface area contributed by atoms with Crippen molar-refractivity contribution in [3.05, 3.63) is 0 Å². The van der Waals surface area contributed by atoms with Crippen LogP contribution in [0.1, 0.15) is 20.3 Å². The van der Waals surface area contributed by atoms with E-state index in [1.807, 2.05) is 18.7 Å². The van der Waals surface area contributed by atoms with Crippen LogP contribution < -0.4 is 5.73 Å². The van der Waals surface area contributed by atoms with Crippen molar-refractivity contribution in [3.8, 4) is 0 Å². The highest BCUT2D eigenvalue weighted by Crippen LogP contribution is 2.30. The van der Waals surface area contributed by atoms with Gasteiger partial charge in [-0.25, -0.2) is 0 Å². The molecule has 13 heavy (non-hydrogen) atoms. The minimum absolute atomic E-state index is 0.0519. The third-order valence-corrected chi connectivity index (χ3v) is 2.93. The molecule has 4 heteroatoms. The van der Waals surface area contributed by atoms with Crippen LogP contribution in [0.3, 0.4) is 0 Å². The Morgan fingerprint density at radius 3 is 2.77 bits per heavy atom. The van der Waals surface area contributed by atoms with E-state index in [-0.39, 0.29) is 24.0 Å². The van der Waals surface area contributed by atoms with E-state index in [9.17, 15) is 4.79 Å². The molecule has 1 heterocycles. The Bertz CT molecular complexity index is 208. The van der Waals surface area contributed by atoms with Crippen molar-refractivity contribution in [1.29, 1.82) is 0 Å². The molecule has 1 fully saturated rings. The molecule has 0 aromatic heterocycles. The molecule has 0 saturated carbocycles. The number of nitrogens with two attached hydrogens (primary N) is 1. The molecule has 1 aliphatic rings. The van der Waals surface area contributed by atoms with Crippen molar-refractivity contribution < 1.29 is 9.90 Å². The van der Waals surface area contributed by atoms with Crippen molar-refractivity contribution in [2.75, 3.05) is 19.7 Å². The molecule has 0 radical (unpaired) electrons. The molecule has 1 saturated heterocycles. The third kappa shape index (κ3) is 2.19. The van der Waals surface area contributed by atoms with Gasteiger partial charge < -0.3 is 10.8 Å². The minimum Gasteiger partial charge on any atom is -0.396 e. The average Bonchev–Trinajstić information content (AvgIpc) is 2.47. The highest BCUT2D eigenvalue weighted by atomic mass is 16.3. The normalized spacial score (nSPS) is 31.9. The number of aliphatic hydroxyl groups is 1. The first-order chi connectivity index (χ1) is 5.98. The molecule has 0 aromatic carbocycles. The van der Waals surface area contributed by atoms with E-state index < -0.39 is 0 Å². The van der Waals surface area contributed by atoms with Crippen LogP contribution in [0.15, 0.2) is 0 Å². The Balaban J connectivity index is 2.54. The number of carbonyl (C=O) groups excluding carboxylic acids is 1. The van der Waals surface area contributed by atoms with Crippen LogP contribution in [0.5, 0.6) is 0 Å². The Kier molecular flexibility index (Phi) is 2.93. The van der Waals surface area contributed by atoms with Gasteiger partial charge in [0.05, 0.1) is 6.04 Å². The molecule has 1 rings (SSSR count). The van der Waals surface area contributed by atoms with Gasteiger partial charge in [0.25, 0.3) is 0 Å². The summed E-state index contributed by atoms with van der Waals surface area (Å²) in [6, 6.07) is -0.214. The van der Waals surface area contributed by atoms with Gasteiger partial charge in [-0.3, -0.25) is 9.69 Å². The standard InChI is InChI=1S/C9H18N2O2/c1-7(8(10)13)11-4-3-9(2,5-11)6-12/h7,12H,3-6H2,1-2H3,(H2,10,13). The topological polar surface area (TPSA) is 66.6 Å². The maximum Gasteiger partial charge on any atom is 0.234 e. The fraction of sp³-hybridized carbons (Fsp3) is 0.889. The first kappa shape index (κ1) is 10.5. The van der Waals surface area contributed by atoms with E-state index in [0.29, 0.717) is 0 Å². The number of nitrogens with zero attached hydrogens (tertiary/aromatic N) is 1. The molecule has 2 atom stereocenters. The second-order valence-corrected chi connectivity index (χ2v) is 4.27. The molecule has 76 valence electrons. The highest BCUT2D eigenvalue weighted by Gasteiger charge is 2.36. The third-order valence-electron chi connectivity index (χ3n) is 2.93. The average molecular weight is 186 g/mol. The maximum absolute atomic E-state index is 10.9. The summed E-state index contributed by atoms with van der Waals surface area (Å²) in [5.74, 6) is -0.290. The largest absolute Gasteiger partial charge is 0.396 e. The number of amides is 1. The minimum atomic E-state index is -0.290. The number of rotatable bonds is 3. The summed E-state index contributed by atoms with van der Waals surface area (Å²) in [6.45, 7) is 5.62. The lowest BCUT2D eigenvalue weighted by Gasteiger charge is -2.24. The van der Waals surface area contributed by atoms with E-state index in [1.165, 1.54) is 0 Å². The van der Waals surface area contributed by atoms with Crippen LogP contribution in [-0.4, -0.2) is 41.7 Å². The first-order valence-corrected chi connectivity index (χ1v) is 4.63. The predicted octanol–water partition coefficient (Wildman–Crippen LogP) is -0.435. The zero-order valence-electron chi connectivity index (χ0n) is 8.29. The second kappa shape index (κ2) is 3.64. The van der Waals surface area contributed by atoms with Gasteiger partial charge in [-0.15, -0.1) is 0 Å². The van der Waals surface area contributed by atoms with Crippen LogP contribution in [-0.2, 0) is 4.79 Å². The Morgan fingerprint density at radius 1 is 1.77 bits per heavy atom. The summed E-state index contributed by atoms with van der Waals surface area (Å²) in [4.78, 5) is 12.9. The van der Waals surface area contributed by atoms with Gasteiger partial charge in [0.2, 0.25) is 5.91 Å². The lowest BCUT2D eigenvalue weighted by Crippen LogP contribution is -2.42. The lowest BCUT2D eigenvalue weighted by atomic mass is 9.91. The molecule has 0 bridgehead atoms. The van der Waals surface area contributed by atoms with E-state index in [0.717, 1.165) is 19.5 Å². The molecule has 0 aliphatic carbocycles. The zero-order chi connectivity index (χ0) is 10.1. The second-order valence-electron chi connectivity index (χ2n) is 4.27. The van der Waals surface area contributed by atoms with Crippen LogP contribution in [0.2, 0.25) is 0 Å². The van der Waals surface area contributed by atoms with Gasteiger partial charge in [0.15, 0.2) is 0 Å². The summed E-state index contributed by atoms with van der Waals surface area (Å²) >= 11 is 0. The van der Waals surface area contributed by atoms with E-state index >= 15 is 0 Å². The summed E-state index contributed by atoms with van der Waals surface area (Å²) < 4.78 is 0. The van der Waals surface area contributed by atoms with Crippen LogP contribution >= 0.6 is 0 Å². The van der Waals surface area contributed by atoms with Crippen molar-refractivity contribution >= 4 is 5.91 Å². The van der Waals surface area contributed by atoms with Crippen LogP contribution in [0.25, 0.3) is 0 Å². The smallest absolute Gasteiger partial charge is 0.234 e. The van der Waals surface area contributed by atoms with E-state index in [2.05, 4.69) is 0 Å². The zero-order valence-corrected chi connectivity index (χ0v) is 8.29. The number of carbonyl (C=O) groups is 1. The maximum atomic E-state index is 10.9. The predicted molar refractivity (Wildman–Crippen MR) is 50.0 cm³/mol. The van der Waals surface area contributed by atoms with Crippen molar-refractivity contribution in [1.82, 2.24) is 4.90 Å². The van der Waals surface area contributed by atoms with Gasteiger partial charge in [-0.1, -0.05) is 6.92 Å². The summed E-state index contributed by atoms with van der Waals surface area (Å²) in [5, 5.41) is 9.12. The van der Waals surface area contributed by atoms with Gasteiger partial charge >= 0.3 is 0 Å². The SMILES string of the molecule is CC(C(N)=O)N1CCC(C)(CO)C1. The number of primary amides is 1. The van der Waals surface area contributed by atoms with Gasteiger partial charge in [0, 0.05) is 18.6 Å².